The lowest BCUT2D eigenvalue weighted by Crippen LogP contribution is -2.33. The molecule has 1 aliphatic rings. The Bertz CT molecular complexity index is 801. The lowest BCUT2D eigenvalue weighted by Gasteiger charge is -2.11. The molecule has 4 amide bonds. The number of urea groups is 1. The maximum Gasteiger partial charge on any atom is 0.325 e. The van der Waals surface area contributed by atoms with Crippen LogP contribution in [0.25, 0.3) is 0 Å². The fourth-order valence-corrected chi connectivity index (χ4v) is 2.85. The van der Waals surface area contributed by atoms with Gasteiger partial charge in [0.15, 0.2) is 0 Å². The van der Waals surface area contributed by atoms with Gasteiger partial charge in [0.05, 0.1) is 12.8 Å². The van der Waals surface area contributed by atoms with E-state index in [-0.39, 0.29) is 37.0 Å². The third-order valence-corrected chi connectivity index (χ3v) is 4.33. The summed E-state index contributed by atoms with van der Waals surface area (Å²) >= 11 is 0. The number of phenolic OH excluding ortho intramolecular Hbond substituents is 1. The molecular formula is C19H21N3O5. The van der Waals surface area contributed by atoms with Crippen LogP contribution in [-0.4, -0.2) is 40.4 Å². The fourth-order valence-electron chi connectivity index (χ4n) is 2.85. The minimum absolute atomic E-state index is 0.0764. The van der Waals surface area contributed by atoms with Crippen LogP contribution >= 0.6 is 0 Å². The molecule has 142 valence electrons. The monoisotopic (exact) mass is 371 g/mol. The Morgan fingerprint density at radius 1 is 1.22 bits per heavy atom. The molecule has 0 radical (unpaired) electrons. The molecule has 8 nitrogen and oxygen atoms in total. The largest absolute Gasteiger partial charge is 0.508 e. The highest BCUT2D eigenvalue weighted by Gasteiger charge is 2.38. The molecule has 8 heteroatoms. The van der Waals surface area contributed by atoms with Gasteiger partial charge in [-0.1, -0.05) is 12.1 Å². The van der Waals surface area contributed by atoms with Crippen molar-refractivity contribution >= 4 is 17.8 Å². The van der Waals surface area contributed by atoms with Gasteiger partial charge in [-0.15, -0.1) is 0 Å². The van der Waals surface area contributed by atoms with Gasteiger partial charge in [-0.25, -0.2) is 4.79 Å². The van der Waals surface area contributed by atoms with E-state index in [0.717, 1.165) is 10.5 Å². The van der Waals surface area contributed by atoms with Gasteiger partial charge >= 0.3 is 6.03 Å². The molecular weight excluding hydrogens is 350 g/mol. The molecule has 2 aromatic rings. The summed E-state index contributed by atoms with van der Waals surface area (Å²) in [6.45, 7) is 0.534. The fraction of sp³-hybridized carbons (Fsp3) is 0.316. The number of aromatic hydroxyl groups is 1. The third kappa shape index (κ3) is 4.87. The van der Waals surface area contributed by atoms with Crippen molar-refractivity contribution in [3.8, 4) is 5.75 Å². The summed E-state index contributed by atoms with van der Waals surface area (Å²) in [6, 6.07) is 8.98. The highest BCUT2D eigenvalue weighted by Crippen LogP contribution is 2.15. The molecule has 0 saturated carbocycles. The Kier molecular flexibility index (Phi) is 5.75. The zero-order chi connectivity index (χ0) is 19.2. The molecule has 1 saturated heterocycles. The van der Waals surface area contributed by atoms with E-state index in [1.54, 1.807) is 36.4 Å². The highest BCUT2D eigenvalue weighted by molar-refractivity contribution is 6.04. The minimum Gasteiger partial charge on any atom is -0.508 e. The molecule has 3 N–H and O–H groups in total. The number of benzene rings is 1. The number of imide groups is 1. The predicted octanol–water partition coefficient (Wildman–Crippen LogP) is 1.54. The van der Waals surface area contributed by atoms with Gasteiger partial charge in [0.1, 0.15) is 17.6 Å². The summed E-state index contributed by atoms with van der Waals surface area (Å²) in [7, 11) is 0. The molecule has 1 aliphatic heterocycles. The quantitative estimate of drug-likeness (QED) is 0.610. The van der Waals surface area contributed by atoms with E-state index in [4.69, 9.17) is 4.42 Å². The van der Waals surface area contributed by atoms with E-state index in [1.165, 1.54) is 6.26 Å². The van der Waals surface area contributed by atoms with Crippen LogP contribution in [0, 0.1) is 0 Å². The van der Waals surface area contributed by atoms with Crippen LogP contribution in [0.2, 0.25) is 0 Å². The smallest absolute Gasteiger partial charge is 0.325 e. The molecule has 1 atom stereocenters. The molecule has 1 unspecified atom stereocenters. The molecule has 1 fully saturated rings. The second-order valence-electron chi connectivity index (χ2n) is 6.31. The summed E-state index contributed by atoms with van der Waals surface area (Å²) in [5.74, 6) is 0.187. The third-order valence-electron chi connectivity index (χ3n) is 4.33. The first-order chi connectivity index (χ1) is 13.0. The minimum atomic E-state index is -0.699. The maximum absolute atomic E-state index is 12.3. The van der Waals surface area contributed by atoms with Crippen LogP contribution in [0.3, 0.4) is 0 Å². The van der Waals surface area contributed by atoms with Gasteiger partial charge in [0.25, 0.3) is 5.91 Å². The SMILES string of the molecule is O=C(CCC1NC(=O)N(Cc2ccco2)C1=O)NCCc1ccc(O)cc1. The number of hydrogen-bond acceptors (Lipinski definition) is 5. The average molecular weight is 371 g/mol. The first-order valence-corrected chi connectivity index (χ1v) is 8.72. The van der Waals surface area contributed by atoms with E-state index in [1.807, 2.05) is 0 Å². The summed E-state index contributed by atoms with van der Waals surface area (Å²) in [6.07, 6.45) is 2.50. The molecule has 1 aromatic heterocycles. The maximum atomic E-state index is 12.3. The summed E-state index contributed by atoms with van der Waals surface area (Å²) < 4.78 is 5.16. The van der Waals surface area contributed by atoms with Gasteiger partial charge < -0.3 is 20.2 Å². The Balaban J connectivity index is 1.40. The Morgan fingerprint density at radius 2 is 2.00 bits per heavy atom. The van der Waals surface area contributed by atoms with Crippen molar-refractivity contribution in [2.75, 3.05) is 6.54 Å². The van der Waals surface area contributed by atoms with Crippen LogP contribution in [0.1, 0.15) is 24.2 Å². The summed E-state index contributed by atoms with van der Waals surface area (Å²) in [5, 5.41) is 14.6. The van der Waals surface area contributed by atoms with Crippen molar-refractivity contribution in [2.45, 2.75) is 31.8 Å². The lowest BCUT2D eigenvalue weighted by atomic mass is 10.1. The number of carbonyl (C=O) groups excluding carboxylic acids is 3. The normalized spacial score (nSPS) is 16.4. The molecule has 27 heavy (non-hydrogen) atoms. The second-order valence-corrected chi connectivity index (χ2v) is 6.31. The second kappa shape index (κ2) is 8.39. The van der Waals surface area contributed by atoms with Crippen LogP contribution in [0.15, 0.2) is 47.1 Å². The Hall–Kier alpha value is -3.29. The number of furan rings is 1. The molecule has 2 heterocycles. The number of hydrogen-bond donors (Lipinski definition) is 3. The summed E-state index contributed by atoms with van der Waals surface area (Å²) in [4.78, 5) is 37.3. The Morgan fingerprint density at radius 3 is 2.70 bits per heavy atom. The zero-order valence-corrected chi connectivity index (χ0v) is 14.7. The van der Waals surface area contributed by atoms with Crippen LogP contribution in [-0.2, 0) is 22.6 Å². The predicted molar refractivity (Wildman–Crippen MR) is 95.6 cm³/mol. The topological polar surface area (TPSA) is 112 Å². The summed E-state index contributed by atoms with van der Waals surface area (Å²) in [5.41, 5.74) is 1.000. The van der Waals surface area contributed by atoms with Crippen molar-refractivity contribution in [2.24, 2.45) is 0 Å². The first-order valence-electron chi connectivity index (χ1n) is 8.72. The van der Waals surface area contributed by atoms with E-state index in [0.29, 0.717) is 18.7 Å². The van der Waals surface area contributed by atoms with Crippen LogP contribution in [0.4, 0.5) is 4.79 Å². The van der Waals surface area contributed by atoms with Crippen LogP contribution < -0.4 is 10.6 Å². The molecule has 3 rings (SSSR count). The van der Waals surface area contributed by atoms with E-state index in [9.17, 15) is 19.5 Å². The zero-order valence-electron chi connectivity index (χ0n) is 14.7. The number of nitrogens with one attached hydrogen (secondary N) is 2. The van der Waals surface area contributed by atoms with Crippen molar-refractivity contribution in [1.82, 2.24) is 15.5 Å². The van der Waals surface area contributed by atoms with E-state index in [2.05, 4.69) is 10.6 Å². The van der Waals surface area contributed by atoms with Crippen molar-refractivity contribution < 1.29 is 23.9 Å². The van der Waals surface area contributed by atoms with E-state index < -0.39 is 12.1 Å². The highest BCUT2D eigenvalue weighted by atomic mass is 16.3. The number of phenols is 1. The van der Waals surface area contributed by atoms with E-state index >= 15 is 0 Å². The van der Waals surface area contributed by atoms with Gasteiger partial charge in [0.2, 0.25) is 5.91 Å². The van der Waals surface area contributed by atoms with Gasteiger partial charge in [-0.05, 0) is 42.7 Å². The molecule has 0 spiro atoms. The number of nitrogens with zero attached hydrogens (tertiary/aromatic N) is 1. The standard InChI is InChI=1S/C19H21N3O5/c23-14-5-3-13(4-6-14)9-10-20-17(24)8-7-16-18(25)22(19(26)21-16)12-15-2-1-11-27-15/h1-6,11,16,23H,7-10,12H2,(H,20,24)(H,21,26). The van der Waals surface area contributed by atoms with Gasteiger partial charge in [-0.3, -0.25) is 14.5 Å². The average Bonchev–Trinajstić information content (AvgIpc) is 3.25. The Labute approximate surface area is 156 Å². The van der Waals surface area contributed by atoms with Crippen molar-refractivity contribution in [3.05, 3.63) is 54.0 Å². The first kappa shape index (κ1) is 18.5. The van der Waals surface area contributed by atoms with Crippen molar-refractivity contribution in [3.63, 3.8) is 0 Å². The molecule has 1 aromatic carbocycles. The molecule has 0 aliphatic carbocycles. The van der Waals surface area contributed by atoms with Crippen molar-refractivity contribution in [1.29, 1.82) is 0 Å². The number of rotatable bonds is 8. The van der Waals surface area contributed by atoms with Crippen LogP contribution in [0.5, 0.6) is 5.75 Å². The van der Waals surface area contributed by atoms with Gasteiger partial charge in [-0.2, -0.15) is 0 Å². The van der Waals surface area contributed by atoms with Gasteiger partial charge in [0, 0.05) is 13.0 Å². The lowest BCUT2D eigenvalue weighted by molar-refractivity contribution is -0.128. The number of amides is 4. The molecule has 0 bridgehead atoms. The number of carbonyl (C=O) groups is 3.